The van der Waals surface area contributed by atoms with E-state index in [9.17, 15) is 0 Å². The summed E-state index contributed by atoms with van der Waals surface area (Å²) in [6.07, 6.45) is 0. The summed E-state index contributed by atoms with van der Waals surface area (Å²) in [5, 5.41) is 12.0. The number of halogens is 1. The van der Waals surface area contributed by atoms with Crippen molar-refractivity contribution in [1.82, 2.24) is 24.5 Å². The van der Waals surface area contributed by atoms with E-state index in [0.717, 1.165) is 66.5 Å². The van der Waals surface area contributed by atoms with Crippen LogP contribution in [0.5, 0.6) is 0 Å². The van der Waals surface area contributed by atoms with Crippen molar-refractivity contribution in [2.75, 3.05) is 0 Å². The van der Waals surface area contributed by atoms with E-state index in [1.54, 1.807) is 0 Å². The Bertz CT molecular complexity index is 4140. The summed E-state index contributed by atoms with van der Waals surface area (Å²) in [7, 11) is 0. The molecular formula is C58H32ClN5. The fraction of sp³-hybridized carbons (Fsp3) is 0. The number of para-hydroxylation sites is 2. The average Bonchev–Trinajstić information content (AvgIpc) is 3.88. The molecule has 5 nitrogen and oxygen atoms in total. The largest absolute Gasteiger partial charge is 0.277 e. The maximum atomic E-state index is 6.39. The van der Waals surface area contributed by atoms with E-state index in [4.69, 9.17) is 21.6 Å². The number of nitrogens with zero attached hydrogens (tertiary/aromatic N) is 5. The fourth-order valence-electron chi connectivity index (χ4n) is 10.5. The Morgan fingerprint density at radius 3 is 1.67 bits per heavy atom. The number of fused-ring (bicyclic) bond motifs is 14. The molecule has 6 heteroatoms. The Balaban J connectivity index is 1.03. The van der Waals surface area contributed by atoms with E-state index < -0.39 is 0 Å². The monoisotopic (exact) mass is 833 g/mol. The molecule has 14 rings (SSSR count). The van der Waals surface area contributed by atoms with Crippen molar-refractivity contribution in [2.45, 2.75) is 0 Å². The summed E-state index contributed by atoms with van der Waals surface area (Å²) in [5.74, 6) is 0.648. The Labute approximate surface area is 371 Å². The van der Waals surface area contributed by atoms with Crippen molar-refractivity contribution in [3.63, 3.8) is 0 Å². The zero-order chi connectivity index (χ0) is 42.0. The molecule has 3 aromatic heterocycles. The van der Waals surface area contributed by atoms with Crippen molar-refractivity contribution < 1.29 is 0 Å². The van der Waals surface area contributed by atoms with Gasteiger partial charge in [0.05, 0.1) is 33.5 Å². The standard InChI is InChI=1S/C58H32ClN5/c59-57-60-48-23-10-8-19-43(48)54(62-57)35-27-25-33(26-28-35)36-29-30-39-46(31-36)41-21-12-22-45-51(41)47(39)32-50-52(45)53-40-17-6-4-15-37(40)38-16-5-7-18-42(38)56(53)64(50)58-61-49-24-11-9-20-44(49)55(63-58)34-13-2-1-3-14-34/h1-32H. The SMILES string of the molecule is Clc1nc(-c2ccc(-c3ccc4c(c3)-c3cccc5c3c-4cc3c5c4c5ccccc5c5ccccc5c4n3-c3nc(-c4ccccc4)c4ccccc4n3)cc2)c2ccccc2n1. The minimum atomic E-state index is 0.242. The highest BCUT2D eigenvalue weighted by molar-refractivity contribution is 6.38. The van der Waals surface area contributed by atoms with E-state index in [-0.39, 0.29) is 5.28 Å². The highest BCUT2D eigenvalue weighted by atomic mass is 35.5. The molecule has 13 aromatic rings. The minimum Gasteiger partial charge on any atom is -0.277 e. The lowest BCUT2D eigenvalue weighted by Crippen LogP contribution is -2.04. The van der Waals surface area contributed by atoms with Gasteiger partial charge in [-0.25, -0.2) is 19.9 Å². The molecule has 0 aliphatic heterocycles. The van der Waals surface area contributed by atoms with Crippen LogP contribution in [0, 0.1) is 0 Å². The van der Waals surface area contributed by atoms with Crippen molar-refractivity contribution in [2.24, 2.45) is 0 Å². The van der Waals surface area contributed by atoms with Crippen molar-refractivity contribution in [3.05, 3.63) is 199 Å². The molecule has 10 aromatic carbocycles. The van der Waals surface area contributed by atoms with Crippen LogP contribution in [-0.2, 0) is 0 Å². The lowest BCUT2D eigenvalue weighted by molar-refractivity contribution is 1.02. The molecule has 0 N–H and O–H groups in total. The Hall–Kier alpha value is -8.25. The van der Waals surface area contributed by atoms with Crippen LogP contribution in [0.25, 0.3) is 138 Å². The highest BCUT2D eigenvalue weighted by Crippen LogP contribution is 2.53. The molecule has 0 unspecified atom stereocenters. The molecule has 296 valence electrons. The molecule has 64 heavy (non-hydrogen) atoms. The van der Waals surface area contributed by atoms with Gasteiger partial charge in [0, 0.05) is 38.1 Å². The average molecular weight is 834 g/mol. The van der Waals surface area contributed by atoms with Crippen LogP contribution in [0.4, 0.5) is 0 Å². The van der Waals surface area contributed by atoms with Gasteiger partial charge in [0.2, 0.25) is 11.2 Å². The predicted octanol–water partition coefficient (Wildman–Crippen LogP) is 15.4. The summed E-state index contributed by atoms with van der Waals surface area (Å²) in [6.45, 7) is 0. The summed E-state index contributed by atoms with van der Waals surface area (Å²) < 4.78 is 2.35. The van der Waals surface area contributed by atoms with Crippen LogP contribution in [0.15, 0.2) is 194 Å². The van der Waals surface area contributed by atoms with Crippen LogP contribution >= 0.6 is 11.6 Å². The third kappa shape index (κ3) is 5.01. The molecule has 0 saturated heterocycles. The number of hydrogen-bond donors (Lipinski definition) is 0. The van der Waals surface area contributed by atoms with Gasteiger partial charge in [-0.3, -0.25) is 4.57 Å². The van der Waals surface area contributed by atoms with Gasteiger partial charge in [-0.2, -0.15) is 0 Å². The molecule has 0 spiro atoms. The zero-order valence-corrected chi connectivity index (χ0v) is 34.8. The van der Waals surface area contributed by atoms with E-state index in [2.05, 4.69) is 184 Å². The van der Waals surface area contributed by atoms with Crippen LogP contribution < -0.4 is 0 Å². The summed E-state index contributed by atoms with van der Waals surface area (Å²) >= 11 is 6.39. The molecule has 0 atom stereocenters. The first-order chi connectivity index (χ1) is 31.7. The van der Waals surface area contributed by atoms with Crippen molar-refractivity contribution in [3.8, 4) is 61.8 Å². The van der Waals surface area contributed by atoms with Gasteiger partial charge >= 0.3 is 0 Å². The molecule has 0 fully saturated rings. The van der Waals surface area contributed by atoms with E-state index in [1.807, 2.05) is 24.3 Å². The van der Waals surface area contributed by atoms with Crippen molar-refractivity contribution >= 4 is 87.5 Å². The molecule has 0 saturated carbocycles. The Kier molecular flexibility index (Phi) is 7.39. The smallest absolute Gasteiger partial charge is 0.235 e. The second kappa shape index (κ2) is 13.4. The van der Waals surface area contributed by atoms with Gasteiger partial charge in [-0.05, 0) is 96.2 Å². The molecular weight excluding hydrogens is 802 g/mol. The van der Waals surface area contributed by atoms with Gasteiger partial charge in [-0.1, -0.05) is 170 Å². The van der Waals surface area contributed by atoms with E-state index in [1.165, 1.54) is 65.3 Å². The summed E-state index contributed by atoms with van der Waals surface area (Å²) in [6, 6.07) is 69.2. The third-order valence-electron chi connectivity index (χ3n) is 13.3. The second-order valence-electron chi connectivity index (χ2n) is 16.6. The van der Waals surface area contributed by atoms with E-state index in [0.29, 0.717) is 5.95 Å². The number of rotatable bonds is 4. The van der Waals surface area contributed by atoms with Gasteiger partial charge in [0.15, 0.2) is 0 Å². The van der Waals surface area contributed by atoms with Gasteiger partial charge in [0.1, 0.15) is 0 Å². The molecule has 0 bridgehead atoms. The summed E-state index contributed by atoms with van der Waals surface area (Å²) in [4.78, 5) is 20.0. The number of aromatic nitrogens is 5. The van der Waals surface area contributed by atoms with Crippen LogP contribution in [0.1, 0.15) is 0 Å². The molecule has 1 aliphatic rings. The first-order valence-electron chi connectivity index (χ1n) is 21.5. The second-order valence-corrected chi connectivity index (χ2v) is 17.0. The lowest BCUT2D eigenvalue weighted by Gasteiger charge is -2.14. The first kappa shape index (κ1) is 35.4. The highest BCUT2D eigenvalue weighted by Gasteiger charge is 2.29. The third-order valence-corrected chi connectivity index (χ3v) is 13.4. The Morgan fingerprint density at radius 2 is 0.906 bits per heavy atom. The Morgan fingerprint density at radius 1 is 0.328 bits per heavy atom. The normalized spacial score (nSPS) is 12.1. The molecule has 0 radical (unpaired) electrons. The van der Waals surface area contributed by atoms with Crippen LogP contribution in [0.3, 0.4) is 0 Å². The lowest BCUT2D eigenvalue weighted by atomic mass is 9.94. The quantitative estimate of drug-likeness (QED) is 0.131. The zero-order valence-electron chi connectivity index (χ0n) is 34.1. The summed E-state index contributed by atoms with van der Waals surface area (Å²) in [5.41, 5.74) is 14.9. The topological polar surface area (TPSA) is 56.5 Å². The molecule has 3 heterocycles. The van der Waals surface area contributed by atoms with Crippen LogP contribution in [0.2, 0.25) is 5.28 Å². The maximum absolute atomic E-state index is 6.39. The van der Waals surface area contributed by atoms with Crippen LogP contribution in [-0.4, -0.2) is 24.5 Å². The number of hydrogen-bond acceptors (Lipinski definition) is 4. The molecule has 1 aliphatic carbocycles. The maximum Gasteiger partial charge on any atom is 0.235 e. The van der Waals surface area contributed by atoms with Crippen molar-refractivity contribution in [1.29, 1.82) is 0 Å². The number of benzene rings is 10. The van der Waals surface area contributed by atoms with Gasteiger partial charge in [-0.15, -0.1) is 0 Å². The fourth-order valence-corrected chi connectivity index (χ4v) is 10.7. The predicted molar refractivity (Wildman–Crippen MR) is 265 cm³/mol. The van der Waals surface area contributed by atoms with Gasteiger partial charge < -0.3 is 0 Å². The van der Waals surface area contributed by atoms with E-state index >= 15 is 0 Å². The first-order valence-corrected chi connectivity index (χ1v) is 21.9. The minimum absolute atomic E-state index is 0.242. The van der Waals surface area contributed by atoms with Gasteiger partial charge in [0.25, 0.3) is 0 Å². The molecule has 0 amide bonds.